The van der Waals surface area contributed by atoms with Crippen LogP contribution in [-0.2, 0) is 21.4 Å². The molecule has 0 unspecified atom stereocenters. The first-order valence-corrected chi connectivity index (χ1v) is 9.19. The summed E-state index contributed by atoms with van der Waals surface area (Å²) in [7, 11) is 1.47. The zero-order valence-electron chi connectivity index (χ0n) is 15.1. The molecule has 2 aliphatic carbocycles. The van der Waals surface area contributed by atoms with Crippen molar-refractivity contribution in [1.82, 2.24) is 0 Å². The van der Waals surface area contributed by atoms with Crippen molar-refractivity contribution in [3.8, 4) is 0 Å². The van der Waals surface area contributed by atoms with E-state index in [2.05, 4.69) is 12.1 Å². The fourth-order valence-electron chi connectivity index (χ4n) is 4.56. The molecule has 0 heterocycles. The van der Waals surface area contributed by atoms with Crippen LogP contribution in [0.2, 0.25) is 0 Å². The lowest BCUT2D eigenvalue weighted by atomic mass is 9.66. The van der Waals surface area contributed by atoms with Gasteiger partial charge in [0.15, 0.2) is 5.78 Å². The van der Waals surface area contributed by atoms with Crippen molar-refractivity contribution in [2.45, 2.75) is 64.2 Å². The van der Waals surface area contributed by atoms with E-state index in [0.717, 1.165) is 37.7 Å². The maximum absolute atomic E-state index is 12.4. The molecular formula is C21H28O3. The predicted octanol–water partition coefficient (Wildman–Crippen LogP) is 4.46. The third kappa shape index (κ3) is 3.13. The summed E-state index contributed by atoms with van der Waals surface area (Å²) in [5.41, 5.74) is 3.92. The maximum Gasteiger partial charge on any atom is 0.305 e. The van der Waals surface area contributed by atoms with Crippen LogP contribution in [0.3, 0.4) is 0 Å². The summed E-state index contributed by atoms with van der Waals surface area (Å²) in [5, 5.41) is 0. The van der Waals surface area contributed by atoms with E-state index in [1.165, 1.54) is 24.7 Å². The molecule has 0 atom stereocenters. The van der Waals surface area contributed by atoms with Gasteiger partial charge in [0.2, 0.25) is 0 Å². The highest BCUT2D eigenvalue weighted by atomic mass is 16.5. The molecule has 2 aliphatic rings. The molecule has 0 N–H and O–H groups in total. The predicted molar refractivity (Wildman–Crippen MR) is 94.2 cm³/mol. The zero-order valence-corrected chi connectivity index (χ0v) is 15.1. The van der Waals surface area contributed by atoms with Crippen LogP contribution in [0.15, 0.2) is 18.2 Å². The number of aryl methyl sites for hydroxylation is 1. The number of Topliss-reactive ketones (excluding diaryl/α,β-unsaturated/α-hetero) is 1. The second-order valence-electron chi connectivity index (χ2n) is 7.89. The number of fused-ring (bicyclic) bond motifs is 2. The highest BCUT2D eigenvalue weighted by Gasteiger charge is 2.42. The Labute approximate surface area is 144 Å². The van der Waals surface area contributed by atoms with Gasteiger partial charge in [-0.3, -0.25) is 9.59 Å². The number of benzene rings is 1. The minimum atomic E-state index is -0.0902. The molecule has 3 heteroatoms. The third-order valence-electron chi connectivity index (χ3n) is 6.11. The Bertz CT molecular complexity index is 636. The SMILES string of the molecule is COC(=O)CC1CCC2(CCc3ccc(C(=O)C(C)C)cc32)CC1. The molecule has 0 amide bonds. The largest absolute Gasteiger partial charge is 0.469 e. The third-order valence-corrected chi connectivity index (χ3v) is 6.11. The van der Waals surface area contributed by atoms with Crippen molar-refractivity contribution >= 4 is 11.8 Å². The van der Waals surface area contributed by atoms with E-state index in [0.29, 0.717) is 12.3 Å². The van der Waals surface area contributed by atoms with Crippen LogP contribution in [-0.4, -0.2) is 18.9 Å². The molecule has 1 saturated carbocycles. The van der Waals surface area contributed by atoms with Gasteiger partial charge in [-0.15, -0.1) is 0 Å². The molecule has 1 fully saturated rings. The highest BCUT2D eigenvalue weighted by Crippen LogP contribution is 2.50. The molecule has 24 heavy (non-hydrogen) atoms. The van der Waals surface area contributed by atoms with Crippen LogP contribution in [0.5, 0.6) is 0 Å². The van der Waals surface area contributed by atoms with Gasteiger partial charge in [0.25, 0.3) is 0 Å². The smallest absolute Gasteiger partial charge is 0.305 e. The molecule has 1 spiro atoms. The molecule has 0 bridgehead atoms. The number of ether oxygens (including phenoxy) is 1. The maximum atomic E-state index is 12.4. The summed E-state index contributed by atoms with van der Waals surface area (Å²) < 4.78 is 4.81. The average molecular weight is 328 g/mol. The lowest BCUT2D eigenvalue weighted by molar-refractivity contribution is -0.142. The summed E-state index contributed by atoms with van der Waals surface area (Å²) in [6.07, 6.45) is 7.26. The number of carbonyl (C=O) groups is 2. The van der Waals surface area contributed by atoms with Crippen LogP contribution in [0, 0.1) is 11.8 Å². The van der Waals surface area contributed by atoms with E-state index in [1.54, 1.807) is 0 Å². The van der Waals surface area contributed by atoms with Gasteiger partial charge in [0.05, 0.1) is 7.11 Å². The lowest BCUT2D eigenvalue weighted by Crippen LogP contribution is -2.30. The summed E-state index contributed by atoms with van der Waals surface area (Å²) >= 11 is 0. The van der Waals surface area contributed by atoms with Crippen molar-refractivity contribution < 1.29 is 14.3 Å². The van der Waals surface area contributed by atoms with E-state index in [1.807, 2.05) is 19.9 Å². The van der Waals surface area contributed by atoms with Crippen LogP contribution in [0.1, 0.15) is 73.9 Å². The van der Waals surface area contributed by atoms with E-state index < -0.39 is 0 Å². The van der Waals surface area contributed by atoms with Crippen molar-refractivity contribution in [3.05, 3.63) is 34.9 Å². The van der Waals surface area contributed by atoms with Crippen LogP contribution < -0.4 is 0 Å². The first kappa shape index (κ1) is 17.2. The average Bonchev–Trinajstić information content (AvgIpc) is 2.94. The summed E-state index contributed by atoms with van der Waals surface area (Å²) in [5.74, 6) is 0.635. The Kier molecular flexibility index (Phi) is 4.80. The summed E-state index contributed by atoms with van der Waals surface area (Å²) in [4.78, 5) is 23.9. The molecular weight excluding hydrogens is 300 g/mol. The summed E-state index contributed by atoms with van der Waals surface area (Å²) in [6.45, 7) is 3.92. The Balaban J connectivity index is 1.78. The van der Waals surface area contributed by atoms with Gasteiger partial charge in [-0.1, -0.05) is 26.0 Å². The monoisotopic (exact) mass is 328 g/mol. The second-order valence-corrected chi connectivity index (χ2v) is 7.89. The van der Waals surface area contributed by atoms with Crippen LogP contribution in [0.4, 0.5) is 0 Å². The van der Waals surface area contributed by atoms with Crippen molar-refractivity contribution in [3.63, 3.8) is 0 Å². The molecule has 1 aromatic carbocycles. The van der Waals surface area contributed by atoms with Gasteiger partial charge in [0, 0.05) is 17.9 Å². The first-order chi connectivity index (χ1) is 11.4. The number of ketones is 1. The molecule has 0 saturated heterocycles. The van der Waals surface area contributed by atoms with Crippen molar-refractivity contribution in [1.29, 1.82) is 0 Å². The van der Waals surface area contributed by atoms with Crippen molar-refractivity contribution in [2.75, 3.05) is 7.11 Å². The molecule has 1 aromatic rings. The van der Waals surface area contributed by atoms with Gasteiger partial charge >= 0.3 is 5.97 Å². The van der Waals surface area contributed by atoms with Gasteiger partial charge in [-0.2, -0.15) is 0 Å². The van der Waals surface area contributed by atoms with E-state index in [9.17, 15) is 9.59 Å². The minimum absolute atomic E-state index is 0.0381. The number of hydrogen-bond acceptors (Lipinski definition) is 3. The number of esters is 1. The molecule has 3 rings (SSSR count). The zero-order chi connectivity index (χ0) is 17.3. The Morgan fingerprint density at radius 1 is 1.21 bits per heavy atom. The standard InChI is InChI=1S/C21H28O3/c1-14(2)20(23)17-5-4-16-8-11-21(18(16)13-17)9-6-15(7-10-21)12-19(22)24-3/h4-5,13-15H,6-12H2,1-3H3. The number of carbonyl (C=O) groups excluding carboxylic acids is 2. The Hall–Kier alpha value is -1.64. The lowest BCUT2D eigenvalue weighted by Gasteiger charge is -2.38. The first-order valence-electron chi connectivity index (χ1n) is 9.19. The van der Waals surface area contributed by atoms with E-state index in [4.69, 9.17) is 4.74 Å². The fourth-order valence-corrected chi connectivity index (χ4v) is 4.56. The van der Waals surface area contributed by atoms with E-state index >= 15 is 0 Å². The molecule has 0 aromatic heterocycles. The van der Waals surface area contributed by atoms with Gasteiger partial charge in [-0.05, 0) is 67.1 Å². The second kappa shape index (κ2) is 6.70. The molecule has 0 aliphatic heterocycles. The molecule has 0 radical (unpaired) electrons. The number of methoxy groups -OCH3 is 1. The van der Waals surface area contributed by atoms with Gasteiger partial charge < -0.3 is 4.74 Å². The number of hydrogen-bond donors (Lipinski definition) is 0. The topological polar surface area (TPSA) is 43.4 Å². The normalized spacial score (nSPS) is 25.8. The van der Waals surface area contributed by atoms with Gasteiger partial charge in [0.1, 0.15) is 0 Å². The minimum Gasteiger partial charge on any atom is -0.469 e. The van der Waals surface area contributed by atoms with Gasteiger partial charge in [-0.25, -0.2) is 0 Å². The quantitative estimate of drug-likeness (QED) is 0.605. The Morgan fingerprint density at radius 2 is 1.92 bits per heavy atom. The Morgan fingerprint density at radius 3 is 2.54 bits per heavy atom. The number of rotatable bonds is 4. The van der Waals surface area contributed by atoms with Crippen molar-refractivity contribution in [2.24, 2.45) is 11.8 Å². The molecule has 3 nitrogen and oxygen atoms in total. The van der Waals surface area contributed by atoms with E-state index in [-0.39, 0.29) is 23.1 Å². The van der Waals surface area contributed by atoms with Crippen LogP contribution >= 0.6 is 0 Å². The highest BCUT2D eigenvalue weighted by molar-refractivity contribution is 5.97. The molecule has 130 valence electrons. The van der Waals surface area contributed by atoms with Crippen LogP contribution in [0.25, 0.3) is 0 Å². The summed E-state index contributed by atoms with van der Waals surface area (Å²) in [6, 6.07) is 6.34. The fraction of sp³-hybridized carbons (Fsp3) is 0.619.